The quantitative estimate of drug-likeness (QED) is 0.767. The van der Waals surface area contributed by atoms with Gasteiger partial charge in [-0.2, -0.15) is 0 Å². The Morgan fingerprint density at radius 2 is 1.75 bits per heavy atom. The Bertz CT molecular complexity index is 772. The van der Waals surface area contributed by atoms with Crippen LogP contribution in [0.5, 0.6) is 0 Å². The van der Waals surface area contributed by atoms with Crippen LogP contribution >= 0.6 is 11.6 Å². The molecule has 1 N–H and O–H groups in total. The molecule has 2 aromatic carbocycles. The lowest BCUT2D eigenvalue weighted by Crippen LogP contribution is -2.13. The number of nitrogens with one attached hydrogen (secondary N) is 1. The van der Waals surface area contributed by atoms with E-state index in [0.717, 1.165) is 16.5 Å². The molecule has 0 fully saturated rings. The molecular weight excluding hydrogens is 272 g/mol. The normalized spacial score (nSPS) is 10.4. The van der Waals surface area contributed by atoms with Gasteiger partial charge in [0.15, 0.2) is 0 Å². The smallest absolute Gasteiger partial charge is 0.274 e. The van der Waals surface area contributed by atoms with Crippen LogP contribution < -0.4 is 5.32 Å². The topological polar surface area (TPSA) is 42.0 Å². The summed E-state index contributed by atoms with van der Waals surface area (Å²) in [4.78, 5) is 16.2. The van der Waals surface area contributed by atoms with E-state index in [9.17, 15) is 4.79 Å². The first-order valence-electron chi connectivity index (χ1n) is 6.15. The highest BCUT2D eigenvalue weighted by Crippen LogP contribution is 2.29. The Kier molecular flexibility index (Phi) is 3.35. The van der Waals surface area contributed by atoms with Crippen LogP contribution in [0.15, 0.2) is 60.8 Å². The van der Waals surface area contributed by atoms with E-state index in [0.29, 0.717) is 10.7 Å². The molecule has 0 spiro atoms. The van der Waals surface area contributed by atoms with Crippen molar-refractivity contribution in [3.05, 3.63) is 71.5 Å². The van der Waals surface area contributed by atoms with Crippen molar-refractivity contribution in [2.24, 2.45) is 0 Å². The van der Waals surface area contributed by atoms with Crippen LogP contribution in [0.4, 0.5) is 5.69 Å². The number of halogens is 1. The molecule has 1 heterocycles. The molecule has 0 saturated heterocycles. The highest BCUT2D eigenvalue weighted by atomic mass is 35.5. The highest BCUT2D eigenvalue weighted by Gasteiger charge is 2.09. The number of hydrogen-bond donors (Lipinski definition) is 1. The van der Waals surface area contributed by atoms with E-state index in [4.69, 9.17) is 11.6 Å². The molecule has 3 aromatic rings. The lowest BCUT2D eigenvalue weighted by atomic mass is 10.1. The Morgan fingerprint density at radius 1 is 0.950 bits per heavy atom. The maximum absolute atomic E-state index is 12.1. The van der Waals surface area contributed by atoms with Gasteiger partial charge in [0.05, 0.1) is 0 Å². The van der Waals surface area contributed by atoms with Crippen molar-refractivity contribution < 1.29 is 4.79 Å². The molecule has 0 atom stereocenters. The van der Waals surface area contributed by atoms with Gasteiger partial charge in [-0.25, -0.2) is 0 Å². The van der Waals surface area contributed by atoms with Crippen molar-refractivity contribution in [1.29, 1.82) is 0 Å². The first kappa shape index (κ1) is 12.6. The van der Waals surface area contributed by atoms with Gasteiger partial charge in [0.2, 0.25) is 0 Å². The Hall–Kier alpha value is -2.39. The third kappa shape index (κ3) is 2.36. The number of fused-ring (bicyclic) bond motifs is 1. The van der Waals surface area contributed by atoms with Crippen molar-refractivity contribution in [2.75, 3.05) is 5.32 Å². The maximum Gasteiger partial charge on any atom is 0.274 e. The minimum atomic E-state index is -0.238. The van der Waals surface area contributed by atoms with Gasteiger partial charge >= 0.3 is 0 Å². The number of pyridine rings is 1. The van der Waals surface area contributed by atoms with Crippen LogP contribution in [0, 0.1) is 0 Å². The van der Waals surface area contributed by atoms with Crippen LogP contribution in [0.25, 0.3) is 10.8 Å². The number of carbonyl (C=O) groups is 1. The fourth-order valence-corrected chi connectivity index (χ4v) is 2.30. The van der Waals surface area contributed by atoms with E-state index in [-0.39, 0.29) is 5.91 Å². The second-order valence-electron chi connectivity index (χ2n) is 4.31. The summed E-state index contributed by atoms with van der Waals surface area (Å²) in [7, 11) is 0. The zero-order valence-corrected chi connectivity index (χ0v) is 11.3. The number of carbonyl (C=O) groups excluding carboxylic acids is 1. The molecule has 98 valence electrons. The Labute approximate surface area is 121 Å². The Morgan fingerprint density at radius 3 is 2.55 bits per heavy atom. The fourth-order valence-electron chi connectivity index (χ4n) is 2.06. The number of nitrogens with zero attached hydrogens (tertiary/aromatic N) is 1. The summed E-state index contributed by atoms with van der Waals surface area (Å²) in [6, 6.07) is 16.5. The molecule has 1 amide bonds. The second-order valence-corrected chi connectivity index (χ2v) is 4.72. The molecule has 4 heteroatoms. The van der Waals surface area contributed by atoms with Crippen LogP contribution in [-0.4, -0.2) is 10.9 Å². The average Bonchev–Trinajstić information content (AvgIpc) is 2.49. The third-order valence-corrected chi connectivity index (χ3v) is 3.34. The molecule has 0 radical (unpaired) electrons. The number of amides is 1. The molecule has 0 aliphatic rings. The zero-order valence-electron chi connectivity index (χ0n) is 10.5. The first-order valence-corrected chi connectivity index (χ1v) is 6.53. The molecule has 0 bridgehead atoms. The van der Waals surface area contributed by atoms with E-state index in [1.807, 2.05) is 36.4 Å². The molecule has 3 nitrogen and oxygen atoms in total. The van der Waals surface area contributed by atoms with E-state index in [1.54, 1.807) is 24.4 Å². The summed E-state index contributed by atoms with van der Waals surface area (Å²) in [5, 5.41) is 5.35. The van der Waals surface area contributed by atoms with Gasteiger partial charge in [0.1, 0.15) is 5.69 Å². The number of hydrogen-bond acceptors (Lipinski definition) is 2. The van der Waals surface area contributed by atoms with Gasteiger partial charge in [0, 0.05) is 27.7 Å². The van der Waals surface area contributed by atoms with Crippen molar-refractivity contribution in [2.45, 2.75) is 0 Å². The predicted octanol–water partition coefficient (Wildman–Crippen LogP) is 4.14. The van der Waals surface area contributed by atoms with Crippen molar-refractivity contribution in [1.82, 2.24) is 4.98 Å². The minimum absolute atomic E-state index is 0.238. The van der Waals surface area contributed by atoms with Crippen LogP contribution in [0.2, 0.25) is 5.02 Å². The Balaban J connectivity index is 2.00. The summed E-state index contributed by atoms with van der Waals surface area (Å²) < 4.78 is 0. The lowest BCUT2D eigenvalue weighted by Gasteiger charge is -2.09. The molecule has 0 saturated carbocycles. The zero-order chi connectivity index (χ0) is 13.9. The lowest BCUT2D eigenvalue weighted by molar-refractivity contribution is 0.102. The summed E-state index contributed by atoms with van der Waals surface area (Å²) in [6.45, 7) is 0. The molecule has 0 aliphatic carbocycles. The minimum Gasteiger partial charge on any atom is -0.320 e. The SMILES string of the molecule is O=C(Nc1cccc2c(Cl)cccc12)c1ccccn1. The van der Waals surface area contributed by atoms with E-state index < -0.39 is 0 Å². The van der Waals surface area contributed by atoms with Gasteiger partial charge in [-0.05, 0) is 24.3 Å². The van der Waals surface area contributed by atoms with Crippen LogP contribution in [0.1, 0.15) is 10.5 Å². The molecular formula is C16H11ClN2O. The van der Waals surface area contributed by atoms with Crippen LogP contribution in [0.3, 0.4) is 0 Å². The fraction of sp³-hybridized carbons (Fsp3) is 0. The number of rotatable bonds is 2. The van der Waals surface area contributed by atoms with Gasteiger partial charge in [0.25, 0.3) is 5.91 Å². The third-order valence-electron chi connectivity index (χ3n) is 3.01. The van der Waals surface area contributed by atoms with Crippen molar-refractivity contribution in [3.8, 4) is 0 Å². The monoisotopic (exact) mass is 282 g/mol. The summed E-state index contributed by atoms with van der Waals surface area (Å²) in [6.07, 6.45) is 1.59. The maximum atomic E-state index is 12.1. The second kappa shape index (κ2) is 5.31. The van der Waals surface area contributed by atoms with Gasteiger partial charge in [-0.15, -0.1) is 0 Å². The molecule has 0 unspecified atom stereocenters. The van der Waals surface area contributed by atoms with Crippen molar-refractivity contribution in [3.63, 3.8) is 0 Å². The van der Waals surface area contributed by atoms with Crippen LogP contribution in [-0.2, 0) is 0 Å². The van der Waals surface area contributed by atoms with E-state index in [1.165, 1.54) is 0 Å². The largest absolute Gasteiger partial charge is 0.320 e. The van der Waals surface area contributed by atoms with E-state index >= 15 is 0 Å². The van der Waals surface area contributed by atoms with Crippen molar-refractivity contribution >= 4 is 34.0 Å². The summed E-state index contributed by atoms with van der Waals surface area (Å²) in [5.41, 5.74) is 1.10. The highest BCUT2D eigenvalue weighted by molar-refractivity contribution is 6.36. The van der Waals surface area contributed by atoms with Gasteiger partial charge in [-0.1, -0.05) is 41.9 Å². The number of benzene rings is 2. The number of anilines is 1. The molecule has 0 aliphatic heterocycles. The predicted molar refractivity (Wildman–Crippen MR) is 81.1 cm³/mol. The molecule has 3 rings (SSSR count). The van der Waals surface area contributed by atoms with Gasteiger partial charge in [-0.3, -0.25) is 9.78 Å². The summed E-state index contributed by atoms with van der Waals surface area (Å²) in [5.74, 6) is -0.238. The standard InChI is InChI=1S/C16H11ClN2O/c17-13-7-3-6-12-11(13)5-4-9-14(12)19-16(20)15-8-1-2-10-18-15/h1-10H,(H,19,20). The molecule has 1 aromatic heterocycles. The molecule has 20 heavy (non-hydrogen) atoms. The summed E-state index contributed by atoms with van der Waals surface area (Å²) >= 11 is 6.16. The first-order chi connectivity index (χ1) is 9.75. The van der Waals surface area contributed by atoms with Gasteiger partial charge < -0.3 is 5.32 Å². The van der Waals surface area contributed by atoms with E-state index in [2.05, 4.69) is 10.3 Å². The average molecular weight is 283 g/mol. The number of aromatic nitrogens is 1.